The summed E-state index contributed by atoms with van der Waals surface area (Å²) < 4.78 is 7.97. The number of ether oxygens (including phenoxy) is 1. The van der Waals surface area contributed by atoms with Crippen LogP contribution in [-0.2, 0) is 11.3 Å². The van der Waals surface area contributed by atoms with E-state index in [0.717, 1.165) is 35.7 Å². The summed E-state index contributed by atoms with van der Waals surface area (Å²) in [7, 11) is 1.71. The second-order valence-corrected chi connectivity index (χ2v) is 5.31. The summed E-state index contributed by atoms with van der Waals surface area (Å²) in [5.74, 6) is 0.810. The summed E-state index contributed by atoms with van der Waals surface area (Å²) in [5, 5.41) is 3.96. The first kappa shape index (κ1) is 14.4. The SMILES string of the molecule is COCCCn1ccnc1Nc1ccc(Cl)c(Br)c1. The maximum absolute atomic E-state index is 5.97. The van der Waals surface area contributed by atoms with Crippen LogP contribution in [0.4, 0.5) is 11.6 Å². The molecule has 0 amide bonds. The number of nitrogens with one attached hydrogen (secondary N) is 1. The number of aryl methyl sites for hydroxylation is 1. The fourth-order valence-electron chi connectivity index (χ4n) is 1.70. The number of nitrogens with zero attached hydrogens (tertiary/aromatic N) is 2. The molecule has 0 aliphatic heterocycles. The van der Waals surface area contributed by atoms with Crippen LogP contribution in [0.2, 0.25) is 5.02 Å². The molecule has 0 aliphatic carbocycles. The van der Waals surface area contributed by atoms with E-state index in [1.54, 1.807) is 13.3 Å². The van der Waals surface area contributed by atoms with Gasteiger partial charge in [0.25, 0.3) is 0 Å². The summed E-state index contributed by atoms with van der Waals surface area (Å²) >= 11 is 9.37. The van der Waals surface area contributed by atoms with Gasteiger partial charge < -0.3 is 14.6 Å². The fourth-order valence-corrected chi connectivity index (χ4v) is 2.19. The molecule has 0 aliphatic rings. The van der Waals surface area contributed by atoms with Gasteiger partial charge in [0.05, 0.1) is 5.02 Å². The maximum atomic E-state index is 5.97. The van der Waals surface area contributed by atoms with Crippen LogP contribution in [0.15, 0.2) is 35.1 Å². The topological polar surface area (TPSA) is 39.1 Å². The summed E-state index contributed by atoms with van der Waals surface area (Å²) in [6.45, 7) is 1.61. The molecule has 2 rings (SSSR count). The lowest BCUT2D eigenvalue weighted by atomic mass is 10.3. The third-order valence-electron chi connectivity index (χ3n) is 2.64. The molecule has 0 atom stereocenters. The molecule has 0 unspecified atom stereocenters. The van der Waals surface area contributed by atoms with E-state index in [1.807, 2.05) is 24.4 Å². The first-order valence-corrected chi connectivity index (χ1v) is 7.10. The molecule has 19 heavy (non-hydrogen) atoms. The van der Waals surface area contributed by atoms with Crippen LogP contribution in [0, 0.1) is 0 Å². The average Bonchev–Trinajstić information content (AvgIpc) is 2.82. The predicted octanol–water partition coefficient (Wildman–Crippen LogP) is 4.08. The summed E-state index contributed by atoms with van der Waals surface area (Å²) in [5.41, 5.74) is 0.940. The zero-order chi connectivity index (χ0) is 13.7. The summed E-state index contributed by atoms with van der Waals surface area (Å²) in [4.78, 5) is 4.31. The van der Waals surface area contributed by atoms with E-state index in [-0.39, 0.29) is 0 Å². The number of methoxy groups -OCH3 is 1. The van der Waals surface area contributed by atoms with Crippen LogP contribution in [0.3, 0.4) is 0 Å². The Kier molecular flexibility index (Phi) is 5.24. The normalized spacial score (nSPS) is 10.7. The number of hydrogen-bond donors (Lipinski definition) is 1. The number of halogens is 2. The van der Waals surface area contributed by atoms with Gasteiger partial charge in [-0.1, -0.05) is 11.6 Å². The molecule has 0 spiro atoms. The Balaban J connectivity index is 2.06. The van der Waals surface area contributed by atoms with Crippen molar-refractivity contribution in [3.8, 4) is 0 Å². The highest BCUT2D eigenvalue weighted by molar-refractivity contribution is 9.10. The Morgan fingerprint density at radius 2 is 2.32 bits per heavy atom. The lowest BCUT2D eigenvalue weighted by Gasteiger charge is -2.10. The minimum atomic E-state index is 0.689. The van der Waals surface area contributed by atoms with E-state index >= 15 is 0 Å². The molecule has 1 aromatic carbocycles. The van der Waals surface area contributed by atoms with Gasteiger partial charge in [-0.15, -0.1) is 0 Å². The minimum Gasteiger partial charge on any atom is -0.385 e. The van der Waals surface area contributed by atoms with E-state index in [2.05, 4.69) is 30.8 Å². The van der Waals surface area contributed by atoms with Crippen LogP contribution in [-0.4, -0.2) is 23.3 Å². The Morgan fingerprint density at radius 1 is 1.47 bits per heavy atom. The highest BCUT2D eigenvalue weighted by Gasteiger charge is 2.04. The smallest absolute Gasteiger partial charge is 0.207 e. The van der Waals surface area contributed by atoms with E-state index in [9.17, 15) is 0 Å². The average molecular weight is 345 g/mol. The molecule has 0 saturated heterocycles. The number of hydrogen-bond acceptors (Lipinski definition) is 3. The molecule has 102 valence electrons. The van der Waals surface area contributed by atoms with Crippen molar-refractivity contribution in [3.63, 3.8) is 0 Å². The number of rotatable bonds is 6. The predicted molar refractivity (Wildman–Crippen MR) is 81.2 cm³/mol. The Labute approximate surface area is 125 Å². The molecule has 6 heteroatoms. The second-order valence-electron chi connectivity index (χ2n) is 4.04. The lowest BCUT2D eigenvalue weighted by molar-refractivity contribution is 0.190. The van der Waals surface area contributed by atoms with E-state index in [4.69, 9.17) is 16.3 Å². The molecule has 0 bridgehead atoms. The molecule has 0 fully saturated rings. The van der Waals surface area contributed by atoms with E-state index in [0.29, 0.717) is 5.02 Å². The first-order valence-electron chi connectivity index (χ1n) is 5.93. The van der Waals surface area contributed by atoms with Crippen LogP contribution >= 0.6 is 27.5 Å². The van der Waals surface area contributed by atoms with Crippen LogP contribution < -0.4 is 5.32 Å². The zero-order valence-corrected chi connectivity index (χ0v) is 12.9. The van der Waals surface area contributed by atoms with Crippen molar-refractivity contribution in [2.24, 2.45) is 0 Å². The first-order chi connectivity index (χ1) is 9.20. The molecule has 1 N–H and O–H groups in total. The van der Waals surface area contributed by atoms with E-state index < -0.39 is 0 Å². The molecule has 4 nitrogen and oxygen atoms in total. The van der Waals surface area contributed by atoms with Gasteiger partial charge in [-0.3, -0.25) is 0 Å². The van der Waals surface area contributed by atoms with Crippen LogP contribution in [0.5, 0.6) is 0 Å². The van der Waals surface area contributed by atoms with Crippen molar-refractivity contribution in [1.82, 2.24) is 9.55 Å². The molecule has 1 aromatic heterocycles. The largest absolute Gasteiger partial charge is 0.385 e. The van der Waals surface area contributed by atoms with Crippen molar-refractivity contribution >= 4 is 39.2 Å². The van der Waals surface area contributed by atoms with E-state index in [1.165, 1.54) is 0 Å². The third-order valence-corrected chi connectivity index (χ3v) is 3.85. The second kappa shape index (κ2) is 6.93. The Morgan fingerprint density at radius 3 is 3.05 bits per heavy atom. The molecule has 1 heterocycles. The quantitative estimate of drug-likeness (QED) is 0.803. The monoisotopic (exact) mass is 343 g/mol. The molecule has 0 radical (unpaired) electrons. The Hall–Kier alpha value is -1.04. The molecule has 2 aromatic rings. The maximum Gasteiger partial charge on any atom is 0.207 e. The van der Waals surface area contributed by atoms with Crippen molar-refractivity contribution in [3.05, 3.63) is 40.1 Å². The number of benzene rings is 1. The van der Waals surface area contributed by atoms with Crippen molar-refractivity contribution < 1.29 is 4.74 Å². The van der Waals surface area contributed by atoms with Gasteiger partial charge >= 0.3 is 0 Å². The highest BCUT2D eigenvalue weighted by atomic mass is 79.9. The summed E-state index contributed by atoms with van der Waals surface area (Å²) in [6, 6.07) is 5.68. The van der Waals surface area contributed by atoms with Gasteiger partial charge in [0.15, 0.2) is 0 Å². The van der Waals surface area contributed by atoms with Gasteiger partial charge in [-0.2, -0.15) is 0 Å². The molecular formula is C13H15BrClN3O. The summed E-state index contributed by atoms with van der Waals surface area (Å²) in [6.07, 6.45) is 4.68. The molecular weight excluding hydrogens is 330 g/mol. The molecule has 0 saturated carbocycles. The Bertz CT molecular complexity index is 544. The standard InChI is InChI=1S/C13H15BrClN3O/c1-19-8-2-6-18-7-5-16-13(18)17-10-3-4-12(15)11(14)9-10/h3-5,7,9H,2,6,8H2,1H3,(H,16,17). The highest BCUT2D eigenvalue weighted by Crippen LogP contribution is 2.27. The number of anilines is 2. The number of imidazole rings is 1. The van der Waals surface area contributed by atoms with Crippen LogP contribution in [0.25, 0.3) is 0 Å². The fraction of sp³-hybridized carbons (Fsp3) is 0.308. The van der Waals surface area contributed by atoms with Gasteiger partial charge in [0, 0.05) is 42.8 Å². The zero-order valence-electron chi connectivity index (χ0n) is 10.6. The van der Waals surface area contributed by atoms with Gasteiger partial charge in [-0.05, 0) is 40.5 Å². The van der Waals surface area contributed by atoms with Gasteiger partial charge in [-0.25, -0.2) is 4.98 Å². The lowest BCUT2D eigenvalue weighted by Crippen LogP contribution is -2.05. The van der Waals surface area contributed by atoms with Gasteiger partial charge in [0.2, 0.25) is 5.95 Å². The van der Waals surface area contributed by atoms with Crippen LogP contribution in [0.1, 0.15) is 6.42 Å². The minimum absolute atomic E-state index is 0.689. The van der Waals surface area contributed by atoms with Gasteiger partial charge in [0.1, 0.15) is 0 Å². The number of aromatic nitrogens is 2. The third kappa shape index (κ3) is 3.96. The van der Waals surface area contributed by atoms with Crippen molar-refractivity contribution in [1.29, 1.82) is 0 Å². The van der Waals surface area contributed by atoms with Crippen molar-refractivity contribution in [2.45, 2.75) is 13.0 Å². The van der Waals surface area contributed by atoms with Crippen molar-refractivity contribution in [2.75, 3.05) is 19.0 Å².